The smallest absolute Gasteiger partial charge is 0.408 e. The molecule has 4 rings (SSSR count). The Kier molecular flexibility index (Phi) is 5.12. The number of likely N-dealkylation sites (N-methyl/N-ethyl adjacent to an activating group) is 1. The molecule has 1 saturated heterocycles. The number of piperazine rings is 1. The van der Waals surface area contributed by atoms with Gasteiger partial charge in [0.2, 0.25) is 5.91 Å². The Bertz CT molecular complexity index is 1020. The lowest BCUT2D eigenvalue weighted by Crippen LogP contribution is -2.44. The molecule has 8 heteroatoms. The molecule has 3 heterocycles. The average Bonchev–Trinajstić information content (AvgIpc) is 3.03. The summed E-state index contributed by atoms with van der Waals surface area (Å²) in [5, 5.41) is 2.83. The van der Waals surface area contributed by atoms with E-state index in [2.05, 4.69) is 27.1 Å². The van der Waals surface area contributed by atoms with Crippen molar-refractivity contribution in [1.82, 2.24) is 19.8 Å². The van der Waals surface area contributed by atoms with Crippen molar-refractivity contribution in [2.45, 2.75) is 13.1 Å². The van der Waals surface area contributed by atoms with E-state index >= 15 is 0 Å². The number of aromatic nitrogens is 2. The van der Waals surface area contributed by atoms with Crippen molar-refractivity contribution in [3.8, 4) is 0 Å². The maximum absolute atomic E-state index is 12.3. The summed E-state index contributed by atoms with van der Waals surface area (Å²) in [6, 6.07) is 11.0. The van der Waals surface area contributed by atoms with E-state index in [0.29, 0.717) is 17.6 Å². The number of rotatable bonds is 5. The quantitative estimate of drug-likeness (QED) is 0.712. The van der Waals surface area contributed by atoms with Gasteiger partial charge in [-0.05, 0) is 30.8 Å². The fraction of sp³-hybridized carbons (Fsp3) is 0.350. The molecule has 1 aliphatic heterocycles. The van der Waals surface area contributed by atoms with Gasteiger partial charge in [0, 0.05) is 38.9 Å². The monoisotopic (exact) mass is 381 g/mol. The van der Waals surface area contributed by atoms with Gasteiger partial charge in [-0.25, -0.2) is 9.78 Å². The molecule has 1 fully saturated rings. The summed E-state index contributed by atoms with van der Waals surface area (Å²) in [7, 11) is 2.12. The van der Waals surface area contributed by atoms with Crippen LogP contribution in [0.5, 0.6) is 0 Å². The van der Waals surface area contributed by atoms with Gasteiger partial charge < -0.3 is 19.5 Å². The molecule has 2 aromatic heterocycles. The molecule has 1 aromatic carbocycles. The van der Waals surface area contributed by atoms with E-state index in [1.807, 2.05) is 12.1 Å². The highest BCUT2D eigenvalue weighted by Crippen LogP contribution is 2.14. The molecule has 8 nitrogen and oxygen atoms in total. The largest absolute Gasteiger partial charge is 0.420 e. The Morgan fingerprint density at radius 3 is 2.68 bits per heavy atom. The lowest BCUT2D eigenvalue weighted by atomic mass is 10.2. The highest BCUT2D eigenvalue weighted by Gasteiger charge is 2.15. The Balaban J connectivity index is 1.34. The zero-order valence-electron chi connectivity index (χ0n) is 15.8. The van der Waals surface area contributed by atoms with E-state index in [9.17, 15) is 9.59 Å². The van der Waals surface area contributed by atoms with Crippen LogP contribution in [0, 0.1) is 0 Å². The molecule has 0 unspecified atom stereocenters. The number of carbonyl (C=O) groups excluding carboxylic acids is 1. The number of carbonyl (C=O) groups is 1. The van der Waals surface area contributed by atoms with Crippen LogP contribution in [0.3, 0.4) is 0 Å². The minimum Gasteiger partial charge on any atom is -0.408 e. The molecule has 1 aliphatic rings. The van der Waals surface area contributed by atoms with E-state index < -0.39 is 5.76 Å². The van der Waals surface area contributed by atoms with Gasteiger partial charge in [0.25, 0.3) is 0 Å². The first-order valence-electron chi connectivity index (χ1n) is 9.33. The first-order valence-corrected chi connectivity index (χ1v) is 9.33. The van der Waals surface area contributed by atoms with Crippen LogP contribution in [0.4, 0.5) is 5.82 Å². The molecule has 146 valence electrons. The molecule has 0 spiro atoms. The first kappa shape index (κ1) is 18.2. The second-order valence-electron chi connectivity index (χ2n) is 7.01. The van der Waals surface area contributed by atoms with Gasteiger partial charge in [-0.1, -0.05) is 18.2 Å². The van der Waals surface area contributed by atoms with Crippen LogP contribution in [0.15, 0.2) is 51.8 Å². The number of pyridine rings is 1. The zero-order chi connectivity index (χ0) is 19.5. The lowest BCUT2D eigenvalue weighted by Gasteiger charge is -2.33. The number of oxazole rings is 1. The molecule has 1 amide bonds. The molecule has 1 N–H and O–H groups in total. The fourth-order valence-corrected chi connectivity index (χ4v) is 3.31. The minimum absolute atomic E-state index is 0.0807. The Morgan fingerprint density at radius 2 is 1.93 bits per heavy atom. The fourth-order valence-electron chi connectivity index (χ4n) is 3.31. The predicted molar refractivity (Wildman–Crippen MR) is 106 cm³/mol. The number of hydrogen-bond donors (Lipinski definition) is 1. The van der Waals surface area contributed by atoms with Crippen molar-refractivity contribution in [2.75, 3.05) is 38.1 Å². The molecule has 0 atom stereocenters. The van der Waals surface area contributed by atoms with Crippen molar-refractivity contribution >= 4 is 22.8 Å². The predicted octanol–water partition coefficient (Wildman–Crippen LogP) is 1.06. The Morgan fingerprint density at radius 1 is 1.14 bits per heavy atom. The van der Waals surface area contributed by atoms with Crippen molar-refractivity contribution < 1.29 is 9.21 Å². The summed E-state index contributed by atoms with van der Waals surface area (Å²) in [5.74, 6) is 0.172. The molecule has 3 aromatic rings. The second-order valence-corrected chi connectivity index (χ2v) is 7.01. The SMILES string of the molecule is CN1CCN(c2ccc(CNC(=O)Cn3c(=O)oc4ccccc43)cn2)CC1. The summed E-state index contributed by atoms with van der Waals surface area (Å²) in [6.07, 6.45) is 1.79. The van der Waals surface area contributed by atoms with E-state index in [-0.39, 0.29) is 12.5 Å². The number of hydrogen-bond acceptors (Lipinski definition) is 6. The molecule has 0 aliphatic carbocycles. The van der Waals surface area contributed by atoms with Gasteiger partial charge in [0.15, 0.2) is 5.58 Å². The van der Waals surface area contributed by atoms with Gasteiger partial charge in [-0.3, -0.25) is 9.36 Å². The van der Waals surface area contributed by atoms with Crippen molar-refractivity contribution in [3.05, 3.63) is 58.7 Å². The summed E-state index contributed by atoms with van der Waals surface area (Å²) in [4.78, 5) is 33.3. The highest BCUT2D eigenvalue weighted by molar-refractivity contribution is 5.79. The normalized spacial score (nSPS) is 15.1. The summed E-state index contributed by atoms with van der Waals surface area (Å²) < 4.78 is 6.48. The average molecular weight is 381 g/mol. The first-order chi connectivity index (χ1) is 13.6. The van der Waals surface area contributed by atoms with Crippen LogP contribution in [0.1, 0.15) is 5.56 Å². The maximum atomic E-state index is 12.3. The number of anilines is 1. The van der Waals surface area contributed by atoms with E-state index in [4.69, 9.17) is 4.42 Å². The highest BCUT2D eigenvalue weighted by atomic mass is 16.4. The minimum atomic E-state index is -0.533. The maximum Gasteiger partial charge on any atom is 0.420 e. The topological polar surface area (TPSA) is 83.6 Å². The van der Waals surface area contributed by atoms with Crippen LogP contribution < -0.4 is 16.0 Å². The Labute approximate surface area is 162 Å². The number of fused-ring (bicyclic) bond motifs is 1. The van der Waals surface area contributed by atoms with Crippen LogP contribution in [0.25, 0.3) is 11.1 Å². The van der Waals surface area contributed by atoms with E-state index in [1.54, 1.807) is 30.5 Å². The standard InChI is InChI=1S/C20H23N5O3/c1-23-8-10-24(11-9-23)18-7-6-15(12-21-18)13-22-19(26)14-25-16-4-2-3-5-17(16)28-20(25)27/h2-7,12H,8-11,13-14H2,1H3,(H,22,26). The molecule has 0 saturated carbocycles. The second kappa shape index (κ2) is 7.85. The van der Waals surface area contributed by atoms with Crippen molar-refractivity contribution in [2.24, 2.45) is 0 Å². The summed E-state index contributed by atoms with van der Waals surface area (Å²) in [5.41, 5.74) is 2.00. The van der Waals surface area contributed by atoms with Gasteiger partial charge in [-0.15, -0.1) is 0 Å². The third kappa shape index (κ3) is 3.91. The zero-order valence-corrected chi connectivity index (χ0v) is 15.8. The summed E-state index contributed by atoms with van der Waals surface area (Å²) >= 11 is 0. The Hall–Kier alpha value is -3.13. The molecule has 0 radical (unpaired) electrons. The summed E-state index contributed by atoms with van der Waals surface area (Å²) in [6.45, 7) is 4.27. The molecular weight excluding hydrogens is 358 g/mol. The third-order valence-corrected chi connectivity index (χ3v) is 5.00. The van der Waals surface area contributed by atoms with Crippen molar-refractivity contribution in [3.63, 3.8) is 0 Å². The number of nitrogens with zero attached hydrogens (tertiary/aromatic N) is 4. The van der Waals surface area contributed by atoms with Crippen LogP contribution in [-0.2, 0) is 17.9 Å². The van der Waals surface area contributed by atoms with Gasteiger partial charge in [0.05, 0.1) is 5.52 Å². The van der Waals surface area contributed by atoms with Crippen LogP contribution in [0.2, 0.25) is 0 Å². The van der Waals surface area contributed by atoms with E-state index in [0.717, 1.165) is 37.6 Å². The number of amides is 1. The molecule has 0 bridgehead atoms. The van der Waals surface area contributed by atoms with Crippen molar-refractivity contribution in [1.29, 1.82) is 0 Å². The van der Waals surface area contributed by atoms with Gasteiger partial charge in [0.1, 0.15) is 12.4 Å². The molecule has 28 heavy (non-hydrogen) atoms. The van der Waals surface area contributed by atoms with Gasteiger partial charge >= 0.3 is 5.76 Å². The number of benzene rings is 1. The van der Waals surface area contributed by atoms with E-state index in [1.165, 1.54) is 4.57 Å². The molecular formula is C20H23N5O3. The van der Waals surface area contributed by atoms with Crippen LogP contribution in [-0.4, -0.2) is 53.6 Å². The van der Waals surface area contributed by atoms with Gasteiger partial charge in [-0.2, -0.15) is 0 Å². The number of para-hydroxylation sites is 2. The number of nitrogens with one attached hydrogen (secondary N) is 1. The third-order valence-electron chi connectivity index (χ3n) is 5.00. The lowest BCUT2D eigenvalue weighted by molar-refractivity contribution is -0.121. The van der Waals surface area contributed by atoms with Crippen LogP contribution >= 0.6 is 0 Å².